The fourth-order valence-electron chi connectivity index (χ4n) is 2.91. The lowest BCUT2D eigenvalue weighted by molar-refractivity contribution is 0.0529. The summed E-state index contributed by atoms with van der Waals surface area (Å²) in [6, 6.07) is 21.3. The first kappa shape index (κ1) is 16.8. The summed E-state index contributed by atoms with van der Waals surface area (Å²) in [5.74, 6) is -0.0424. The highest BCUT2D eigenvalue weighted by Crippen LogP contribution is 2.27. The van der Waals surface area contributed by atoms with Crippen LogP contribution in [0.2, 0.25) is 0 Å². The van der Waals surface area contributed by atoms with Crippen LogP contribution in [0.15, 0.2) is 72.9 Å². The van der Waals surface area contributed by atoms with Crippen LogP contribution in [-0.4, -0.2) is 27.2 Å². The highest BCUT2D eigenvalue weighted by atomic mass is 16.5. The number of anilines is 2. The quantitative estimate of drug-likeness (QED) is 0.538. The van der Waals surface area contributed by atoms with E-state index >= 15 is 0 Å². The molecule has 0 spiro atoms. The third-order valence-electron chi connectivity index (χ3n) is 4.10. The summed E-state index contributed by atoms with van der Waals surface area (Å²) >= 11 is 0. The Morgan fingerprint density at radius 1 is 1.04 bits per heavy atom. The predicted octanol–water partition coefficient (Wildman–Crippen LogP) is 4.32. The lowest BCUT2D eigenvalue weighted by Crippen LogP contribution is -2.07. The summed E-state index contributed by atoms with van der Waals surface area (Å²) in [6.07, 6.45) is 1.67. The molecular formula is C21H18N4O2. The molecule has 0 unspecified atom stereocenters. The Kier molecular flexibility index (Phi) is 4.53. The van der Waals surface area contributed by atoms with Crippen molar-refractivity contribution in [1.82, 2.24) is 14.6 Å². The number of hydrogen-bond acceptors (Lipinski definition) is 5. The maximum absolute atomic E-state index is 12.6. The van der Waals surface area contributed by atoms with Crippen molar-refractivity contribution < 1.29 is 9.53 Å². The number of rotatable bonds is 5. The number of esters is 1. The largest absolute Gasteiger partial charge is 0.462 e. The van der Waals surface area contributed by atoms with Gasteiger partial charge in [0.2, 0.25) is 0 Å². The van der Waals surface area contributed by atoms with Gasteiger partial charge in [-0.1, -0.05) is 48.5 Å². The fourth-order valence-corrected chi connectivity index (χ4v) is 2.91. The Bertz CT molecular complexity index is 1080. The van der Waals surface area contributed by atoms with Crippen molar-refractivity contribution in [2.45, 2.75) is 6.92 Å². The highest BCUT2D eigenvalue weighted by molar-refractivity contribution is 6.02. The maximum atomic E-state index is 12.6. The molecule has 0 amide bonds. The molecule has 0 fully saturated rings. The van der Waals surface area contributed by atoms with Crippen LogP contribution in [-0.2, 0) is 4.74 Å². The van der Waals surface area contributed by atoms with Gasteiger partial charge in [-0.15, -0.1) is 5.10 Å². The summed E-state index contributed by atoms with van der Waals surface area (Å²) in [6.45, 7) is 2.05. The van der Waals surface area contributed by atoms with E-state index in [4.69, 9.17) is 4.74 Å². The maximum Gasteiger partial charge on any atom is 0.345 e. The molecule has 6 heteroatoms. The lowest BCUT2D eigenvalue weighted by Gasteiger charge is -2.05. The van der Waals surface area contributed by atoms with Gasteiger partial charge in [-0.25, -0.2) is 14.3 Å². The lowest BCUT2D eigenvalue weighted by atomic mass is 10.1. The van der Waals surface area contributed by atoms with Gasteiger partial charge in [0.1, 0.15) is 5.56 Å². The van der Waals surface area contributed by atoms with Crippen molar-refractivity contribution in [3.63, 3.8) is 0 Å². The summed E-state index contributed by atoms with van der Waals surface area (Å²) in [4.78, 5) is 17.0. The first-order valence-corrected chi connectivity index (χ1v) is 8.70. The minimum atomic E-state index is -0.455. The normalized spacial score (nSPS) is 10.7. The number of carbonyl (C=O) groups excluding carboxylic acids is 1. The zero-order valence-corrected chi connectivity index (χ0v) is 14.8. The van der Waals surface area contributed by atoms with Crippen molar-refractivity contribution in [3.8, 4) is 11.3 Å². The Hall–Kier alpha value is -3.67. The van der Waals surface area contributed by atoms with Gasteiger partial charge in [-0.2, -0.15) is 0 Å². The van der Waals surface area contributed by atoms with E-state index in [1.54, 1.807) is 17.6 Å². The molecule has 4 aromatic rings. The molecule has 0 saturated carbocycles. The van der Waals surface area contributed by atoms with Crippen molar-refractivity contribution in [1.29, 1.82) is 0 Å². The standard InChI is InChI=1S/C21H18N4O2/c1-2-27-21(26)18-19(23-16-11-7-4-8-12-16)24-25-17(13-14-22-20(18)25)15-9-5-3-6-10-15/h3-14H,2H2,1H3,(H,23,24). The number of ether oxygens (including phenoxy) is 1. The summed E-state index contributed by atoms with van der Waals surface area (Å²) in [7, 11) is 0. The third kappa shape index (κ3) is 3.25. The van der Waals surface area contributed by atoms with Crippen molar-refractivity contribution in [2.24, 2.45) is 0 Å². The Morgan fingerprint density at radius 2 is 1.74 bits per heavy atom. The van der Waals surface area contributed by atoms with Crippen LogP contribution in [0.4, 0.5) is 11.5 Å². The molecule has 4 rings (SSSR count). The fraction of sp³-hybridized carbons (Fsp3) is 0.0952. The number of hydrogen-bond donors (Lipinski definition) is 1. The molecule has 0 atom stereocenters. The molecule has 27 heavy (non-hydrogen) atoms. The molecule has 6 nitrogen and oxygen atoms in total. The zero-order chi connectivity index (χ0) is 18.6. The SMILES string of the molecule is CCOC(=O)c1c(Nc2ccccc2)nn2c(-c3ccccc3)ccnc12. The molecule has 2 aromatic carbocycles. The van der Waals surface area contributed by atoms with Gasteiger partial charge in [0, 0.05) is 17.4 Å². The van der Waals surface area contributed by atoms with E-state index in [1.807, 2.05) is 66.7 Å². The monoisotopic (exact) mass is 358 g/mol. The van der Waals surface area contributed by atoms with Crippen LogP contribution < -0.4 is 5.32 Å². The van der Waals surface area contributed by atoms with Crippen LogP contribution in [0.25, 0.3) is 16.9 Å². The van der Waals surface area contributed by atoms with E-state index in [9.17, 15) is 4.79 Å². The van der Waals surface area contributed by atoms with E-state index in [0.29, 0.717) is 17.0 Å². The van der Waals surface area contributed by atoms with E-state index in [-0.39, 0.29) is 6.61 Å². The van der Waals surface area contributed by atoms with Gasteiger partial charge in [0.15, 0.2) is 11.5 Å². The van der Waals surface area contributed by atoms with E-state index < -0.39 is 5.97 Å². The van der Waals surface area contributed by atoms with Gasteiger partial charge >= 0.3 is 5.97 Å². The number of nitrogens with zero attached hydrogens (tertiary/aromatic N) is 3. The minimum Gasteiger partial charge on any atom is -0.462 e. The number of aromatic nitrogens is 3. The van der Waals surface area contributed by atoms with Crippen LogP contribution in [0.1, 0.15) is 17.3 Å². The van der Waals surface area contributed by atoms with Crippen LogP contribution >= 0.6 is 0 Å². The van der Waals surface area contributed by atoms with Gasteiger partial charge in [-0.3, -0.25) is 0 Å². The molecule has 0 aliphatic rings. The molecule has 0 radical (unpaired) electrons. The second-order valence-electron chi connectivity index (χ2n) is 5.87. The Balaban J connectivity index is 1.90. The van der Waals surface area contributed by atoms with Gasteiger partial charge in [0.25, 0.3) is 0 Å². The molecule has 2 heterocycles. The van der Waals surface area contributed by atoms with E-state index in [2.05, 4.69) is 15.4 Å². The zero-order valence-electron chi connectivity index (χ0n) is 14.8. The molecular weight excluding hydrogens is 340 g/mol. The minimum absolute atomic E-state index is 0.277. The molecule has 0 aliphatic heterocycles. The first-order valence-electron chi connectivity index (χ1n) is 8.70. The third-order valence-corrected chi connectivity index (χ3v) is 4.10. The summed E-state index contributed by atoms with van der Waals surface area (Å²) in [5.41, 5.74) is 3.42. The van der Waals surface area contributed by atoms with Crippen LogP contribution in [0.3, 0.4) is 0 Å². The van der Waals surface area contributed by atoms with Crippen LogP contribution in [0, 0.1) is 0 Å². The second kappa shape index (κ2) is 7.29. The topological polar surface area (TPSA) is 68.5 Å². The first-order chi connectivity index (χ1) is 13.3. The molecule has 0 bridgehead atoms. The Morgan fingerprint density at radius 3 is 2.44 bits per heavy atom. The number of fused-ring (bicyclic) bond motifs is 1. The number of nitrogens with one attached hydrogen (secondary N) is 1. The van der Waals surface area contributed by atoms with Gasteiger partial charge in [0.05, 0.1) is 12.3 Å². The Labute approximate surface area is 156 Å². The van der Waals surface area contributed by atoms with Crippen LogP contribution in [0.5, 0.6) is 0 Å². The average molecular weight is 358 g/mol. The molecule has 1 N–H and O–H groups in total. The molecule has 134 valence electrons. The number of benzene rings is 2. The number of carbonyl (C=O) groups is 1. The van der Waals surface area contributed by atoms with E-state index in [1.165, 1.54) is 0 Å². The van der Waals surface area contributed by atoms with Gasteiger partial charge in [-0.05, 0) is 25.1 Å². The smallest absolute Gasteiger partial charge is 0.345 e. The molecule has 2 aromatic heterocycles. The van der Waals surface area contributed by atoms with Crippen molar-refractivity contribution in [2.75, 3.05) is 11.9 Å². The predicted molar refractivity (Wildman–Crippen MR) is 104 cm³/mol. The van der Waals surface area contributed by atoms with Crippen molar-refractivity contribution >= 4 is 23.1 Å². The van der Waals surface area contributed by atoms with Crippen molar-refractivity contribution in [3.05, 3.63) is 78.5 Å². The number of para-hydroxylation sites is 1. The average Bonchev–Trinajstić information content (AvgIpc) is 3.07. The summed E-state index contributed by atoms with van der Waals surface area (Å²) < 4.78 is 6.92. The summed E-state index contributed by atoms with van der Waals surface area (Å²) in [5, 5.41) is 7.84. The van der Waals surface area contributed by atoms with E-state index in [0.717, 1.165) is 16.9 Å². The molecule has 0 saturated heterocycles. The van der Waals surface area contributed by atoms with Gasteiger partial charge < -0.3 is 10.1 Å². The second-order valence-corrected chi connectivity index (χ2v) is 5.87. The molecule has 0 aliphatic carbocycles. The highest BCUT2D eigenvalue weighted by Gasteiger charge is 2.24.